The molecule has 0 saturated heterocycles. The van der Waals surface area contributed by atoms with E-state index in [1.807, 2.05) is 0 Å². The van der Waals surface area contributed by atoms with Crippen LogP contribution >= 0.6 is 0 Å². The Morgan fingerprint density at radius 2 is 1.88 bits per heavy atom. The van der Waals surface area contributed by atoms with E-state index in [4.69, 9.17) is 5.11 Å². The van der Waals surface area contributed by atoms with Gasteiger partial charge in [-0.1, -0.05) is 6.92 Å². The van der Waals surface area contributed by atoms with Crippen molar-refractivity contribution in [1.29, 1.82) is 0 Å². The second kappa shape index (κ2) is 7.40. The third-order valence-electron chi connectivity index (χ3n) is 3.36. The van der Waals surface area contributed by atoms with Gasteiger partial charge in [0.2, 0.25) is 10.0 Å². The van der Waals surface area contributed by atoms with E-state index in [0.717, 1.165) is 20.2 Å². The van der Waals surface area contributed by atoms with Crippen molar-refractivity contribution in [3.63, 3.8) is 0 Å². The number of methoxy groups -OCH3 is 1. The summed E-state index contributed by atoms with van der Waals surface area (Å²) in [4.78, 5) is 21.5. The van der Waals surface area contributed by atoms with Gasteiger partial charge in [0, 0.05) is 13.6 Å². The molecule has 0 spiro atoms. The summed E-state index contributed by atoms with van der Waals surface area (Å²) in [6.45, 7) is 0.827. The van der Waals surface area contributed by atoms with Crippen molar-refractivity contribution in [3.8, 4) is 0 Å². The summed E-state index contributed by atoms with van der Waals surface area (Å²) in [5, 5.41) is 8.82. The van der Waals surface area contributed by atoms with Crippen LogP contribution in [0.3, 0.4) is 0 Å². The summed E-state index contributed by atoms with van der Waals surface area (Å²) >= 11 is 0. The van der Waals surface area contributed by atoms with E-state index in [1.54, 1.807) is 0 Å². The maximum absolute atomic E-state index is 13.1. The van der Waals surface area contributed by atoms with E-state index in [-0.39, 0.29) is 0 Å². The highest BCUT2D eigenvalue weighted by Crippen LogP contribution is 2.34. The molecule has 0 aromatic heterocycles. The first-order valence-electron chi connectivity index (χ1n) is 6.81. The number of hydrogen-bond donors (Lipinski definition) is 1. The molecule has 0 bridgehead atoms. The maximum atomic E-state index is 13.1. The molecular weight excluding hydrogens is 367 g/mol. The molecule has 1 aromatic carbocycles. The fourth-order valence-corrected chi connectivity index (χ4v) is 3.23. The number of hydrogen-bond acceptors (Lipinski definition) is 5. The van der Waals surface area contributed by atoms with Gasteiger partial charge < -0.3 is 9.84 Å². The number of benzene rings is 1. The SMILES string of the molecule is COC(=O)c1ccc(S(=O)(=O)N(C)CC(C)C(=O)O)cc1C(F)(F)F. The standard InChI is InChI=1S/C14H16F3NO6S/c1-8(12(19)20)7-18(2)25(22,23)9-4-5-10(13(21)24-3)11(6-9)14(15,16)17/h4-6,8H,7H2,1-3H3,(H,19,20). The van der Waals surface area contributed by atoms with Gasteiger partial charge in [0.25, 0.3) is 0 Å². The lowest BCUT2D eigenvalue weighted by molar-refractivity contribution is -0.141. The van der Waals surface area contributed by atoms with Gasteiger partial charge in [-0.3, -0.25) is 4.79 Å². The molecule has 0 aliphatic carbocycles. The Labute approximate surface area is 142 Å². The fraction of sp³-hybridized carbons (Fsp3) is 0.429. The van der Waals surface area contributed by atoms with E-state index < -0.39 is 56.6 Å². The largest absolute Gasteiger partial charge is 0.481 e. The number of carbonyl (C=O) groups excluding carboxylic acids is 1. The lowest BCUT2D eigenvalue weighted by Gasteiger charge is -2.20. The topological polar surface area (TPSA) is 101 Å². The molecule has 0 aliphatic rings. The number of sulfonamides is 1. The Morgan fingerprint density at radius 1 is 1.32 bits per heavy atom. The summed E-state index contributed by atoms with van der Waals surface area (Å²) in [5.74, 6) is -3.57. The fourth-order valence-electron chi connectivity index (χ4n) is 1.95. The van der Waals surface area contributed by atoms with Crippen molar-refractivity contribution in [2.24, 2.45) is 5.92 Å². The number of carboxylic acid groups (broad SMARTS) is 1. The number of carbonyl (C=O) groups is 2. The molecule has 1 atom stereocenters. The zero-order valence-electron chi connectivity index (χ0n) is 13.5. The third kappa shape index (κ3) is 4.69. The minimum Gasteiger partial charge on any atom is -0.481 e. The Balaban J connectivity index is 3.38. The van der Waals surface area contributed by atoms with Gasteiger partial charge in [-0.05, 0) is 18.2 Å². The average Bonchev–Trinajstić information content (AvgIpc) is 2.52. The van der Waals surface area contributed by atoms with Crippen molar-refractivity contribution in [2.45, 2.75) is 18.0 Å². The molecular formula is C14H16F3NO6S. The summed E-state index contributed by atoms with van der Waals surface area (Å²) in [6, 6.07) is 1.86. The number of nitrogens with zero attached hydrogens (tertiary/aromatic N) is 1. The van der Waals surface area contributed by atoms with Crippen molar-refractivity contribution in [3.05, 3.63) is 29.3 Å². The Hall–Kier alpha value is -2.14. The van der Waals surface area contributed by atoms with Crippen LogP contribution in [0.4, 0.5) is 13.2 Å². The highest BCUT2D eigenvalue weighted by atomic mass is 32.2. The molecule has 11 heteroatoms. The predicted octanol–water partition coefficient (Wildman–Crippen LogP) is 1.83. The second-order valence-corrected chi connectivity index (χ2v) is 7.27. The molecule has 0 amide bonds. The van der Waals surface area contributed by atoms with Crippen LogP contribution in [0.25, 0.3) is 0 Å². The Kier molecular flexibility index (Phi) is 6.19. The van der Waals surface area contributed by atoms with Crippen molar-refractivity contribution >= 4 is 22.0 Å². The molecule has 0 aliphatic heterocycles. The number of esters is 1. The monoisotopic (exact) mass is 383 g/mol. The Bertz CT molecular complexity index is 775. The van der Waals surface area contributed by atoms with Crippen molar-refractivity contribution in [1.82, 2.24) is 4.31 Å². The average molecular weight is 383 g/mol. The highest BCUT2D eigenvalue weighted by Gasteiger charge is 2.37. The molecule has 0 fully saturated rings. The number of ether oxygens (including phenoxy) is 1. The van der Waals surface area contributed by atoms with Crippen LogP contribution in [0.5, 0.6) is 0 Å². The number of aliphatic carboxylic acids is 1. The zero-order chi connectivity index (χ0) is 19.6. The van der Waals surface area contributed by atoms with Crippen LogP contribution < -0.4 is 0 Å². The van der Waals surface area contributed by atoms with E-state index in [1.165, 1.54) is 6.92 Å². The summed E-state index contributed by atoms with van der Waals surface area (Å²) in [6.07, 6.45) is -4.98. The van der Waals surface area contributed by atoms with Gasteiger partial charge in [-0.2, -0.15) is 13.2 Å². The summed E-state index contributed by atoms with van der Waals surface area (Å²) in [5.41, 5.74) is -2.28. The van der Waals surface area contributed by atoms with Crippen LogP contribution in [-0.4, -0.2) is 50.5 Å². The molecule has 140 valence electrons. The van der Waals surface area contributed by atoms with Crippen LogP contribution in [0.1, 0.15) is 22.8 Å². The summed E-state index contributed by atoms with van der Waals surface area (Å²) in [7, 11) is -2.43. The first kappa shape index (κ1) is 20.9. The third-order valence-corrected chi connectivity index (χ3v) is 5.18. The molecule has 0 saturated carbocycles. The van der Waals surface area contributed by atoms with Crippen LogP contribution in [-0.2, 0) is 25.7 Å². The van der Waals surface area contributed by atoms with Crippen LogP contribution in [0.15, 0.2) is 23.1 Å². The molecule has 1 unspecified atom stereocenters. The first-order valence-corrected chi connectivity index (χ1v) is 8.25. The molecule has 1 N–H and O–H groups in total. The van der Waals surface area contributed by atoms with Crippen molar-refractivity contribution < 1.29 is 41.0 Å². The van der Waals surface area contributed by atoms with Gasteiger partial charge >= 0.3 is 18.1 Å². The van der Waals surface area contributed by atoms with Gasteiger partial charge in [-0.15, -0.1) is 0 Å². The molecule has 0 radical (unpaired) electrons. The number of halogens is 3. The normalized spacial score (nSPS) is 13.6. The van der Waals surface area contributed by atoms with Crippen molar-refractivity contribution in [2.75, 3.05) is 20.7 Å². The van der Waals surface area contributed by atoms with E-state index in [9.17, 15) is 31.2 Å². The number of carboxylic acids is 1. The number of alkyl halides is 3. The zero-order valence-corrected chi connectivity index (χ0v) is 14.3. The molecule has 25 heavy (non-hydrogen) atoms. The second-order valence-electron chi connectivity index (χ2n) is 5.22. The molecule has 7 nitrogen and oxygen atoms in total. The van der Waals surface area contributed by atoms with Gasteiger partial charge in [0.05, 0.1) is 29.1 Å². The summed E-state index contributed by atoms with van der Waals surface area (Å²) < 4.78 is 69.0. The lowest BCUT2D eigenvalue weighted by atomic mass is 10.1. The van der Waals surface area contributed by atoms with Gasteiger partial charge in [0.1, 0.15) is 0 Å². The minimum atomic E-state index is -4.98. The molecule has 1 rings (SSSR count). The van der Waals surface area contributed by atoms with E-state index >= 15 is 0 Å². The number of rotatable bonds is 6. The quantitative estimate of drug-likeness (QED) is 0.752. The maximum Gasteiger partial charge on any atom is 0.417 e. The van der Waals surface area contributed by atoms with Crippen LogP contribution in [0, 0.1) is 5.92 Å². The molecule has 1 aromatic rings. The van der Waals surface area contributed by atoms with Crippen LogP contribution in [0.2, 0.25) is 0 Å². The van der Waals surface area contributed by atoms with Gasteiger partial charge in [-0.25, -0.2) is 17.5 Å². The van der Waals surface area contributed by atoms with E-state index in [2.05, 4.69) is 4.74 Å². The Morgan fingerprint density at radius 3 is 2.32 bits per heavy atom. The predicted molar refractivity (Wildman–Crippen MR) is 79.4 cm³/mol. The smallest absolute Gasteiger partial charge is 0.417 e. The lowest BCUT2D eigenvalue weighted by Crippen LogP contribution is -2.34. The first-order chi connectivity index (χ1) is 11.3. The van der Waals surface area contributed by atoms with Gasteiger partial charge in [0.15, 0.2) is 0 Å². The van der Waals surface area contributed by atoms with E-state index in [0.29, 0.717) is 16.4 Å². The highest BCUT2D eigenvalue weighted by molar-refractivity contribution is 7.89. The minimum absolute atomic E-state index is 0.323. The molecule has 0 heterocycles.